The number of fused-ring (bicyclic) bond motifs is 1. The zero-order chi connectivity index (χ0) is 18.4. The second kappa shape index (κ2) is 8.30. The molecule has 0 aliphatic rings. The van der Waals surface area contributed by atoms with E-state index >= 15 is 0 Å². The second-order valence-corrected chi connectivity index (χ2v) is 6.34. The van der Waals surface area contributed by atoms with Gasteiger partial charge in [-0.25, -0.2) is 4.79 Å². The van der Waals surface area contributed by atoms with Gasteiger partial charge in [0.2, 0.25) is 5.91 Å². The van der Waals surface area contributed by atoms with Crippen LogP contribution in [0.3, 0.4) is 0 Å². The van der Waals surface area contributed by atoms with Crippen molar-refractivity contribution in [3.63, 3.8) is 0 Å². The monoisotopic (exact) mass is 370 g/mol. The van der Waals surface area contributed by atoms with E-state index in [1.54, 1.807) is 30.3 Å². The molecular formula is C18H18N4O3S. The summed E-state index contributed by atoms with van der Waals surface area (Å²) < 4.78 is 5.45. The van der Waals surface area contributed by atoms with Gasteiger partial charge in [0.05, 0.1) is 4.70 Å². The first-order valence-corrected chi connectivity index (χ1v) is 8.83. The first kappa shape index (κ1) is 17.7. The minimum absolute atomic E-state index is 0.343. The second-order valence-electron chi connectivity index (χ2n) is 5.54. The lowest BCUT2D eigenvalue weighted by Crippen LogP contribution is -2.41. The third kappa shape index (κ3) is 4.28. The highest BCUT2D eigenvalue weighted by atomic mass is 32.1. The number of nitrogens with one attached hydrogen (secondary N) is 3. The maximum Gasteiger partial charge on any atom is 0.405 e. The van der Waals surface area contributed by atoms with Crippen molar-refractivity contribution in [1.29, 1.82) is 0 Å². The molecule has 2 aromatic carbocycles. The van der Waals surface area contributed by atoms with E-state index in [9.17, 15) is 9.59 Å². The fourth-order valence-corrected chi connectivity index (χ4v) is 3.31. The molecule has 2 amide bonds. The van der Waals surface area contributed by atoms with E-state index in [1.807, 2.05) is 24.3 Å². The SMILES string of the molecule is O=C(O)NC(C(=O)NCCNc1nsc2ccccc12)c1ccccc1. The quantitative estimate of drug-likeness (QED) is 0.479. The third-order valence-corrected chi connectivity index (χ3v) is 4.58. The molecule has 7 nitrogen and oxygen atoms in total. The van der Waals surface area contributed by atoms with E-state index < -0.39 is 18.0 Å². The fourth-order valence-electron chi connectivity index (χ4n) is 2.55. The molecule has 1 unspecified atom stereocenters. The average molecular weight is 370 g/mol. The molecule has 1 atom stereocenters. The maximum absolute atomic E-state index is 12.4. The molecule has 0 fully saturated rings. The summed E-state index contributed by atoms with van der Waals surface area (Å²) >= 11 is 1.41. The third-order valence-electron chi connectivity index (χ3n) is 3.76. The van der Waals surface area contributed by atoms with Gasteiger partial charge in [-0.1, -0.05) is 42.5 Å². The van der Waals surface area contributed by atoms with Crippen molar-refractivity contribution in [2.75, 3.05) is 18.4 Å². The largest absolute Gasteiger partial charge is 0.465 e. The van der Waals surface area contributed by atoms with Crippen LogP contribution in [-0.2, 0) is 4.79 Å². The van der Waals surface area contributed by atoms with Crippen molar-refractivity contribution < 1.29 is 14.7 Å². The van der Waals surface area contributed by atoms with Crippen LogP contribution < -0.4 is 16.0 Å². The Bertz CT molecular complexity index is 898. The Morgan fingerprint density at radius 3 is 2.54 bits per heavy atom. The molecule has 0 aliphatic carbocycles. The number of rotatable bonds is 7. The summed E-state index contributed by atoms with van der Waals surface area (Å²) in [6.45, 7) is 0.823. The lowest BCUT2D eigenvalue weighted by atomic mass is 10.1. The summed E-state index contributed by atoms with van der Waals surface area (Å²) in [6, 6.07) is 15.7. The van der Waals surface area contributed by atoms with Gasteiger partial charge in [-0.2, -0.15) is 4.37 Å². The van der Waals surface area contributed by atoms with Gasteiger partial charge in [0.1, 0.15) is 11.9 Å². The van der Waals surface area contributed by atoms with Crippen molar-refractivity contribution in [3.8, 4) is 0 Å². The van der Waals surface area contributed by atoms with Crippen LogP contribution in [0.1, 0.15) is 11.6 Å². The number of carbonyl (C=O) groups is 2. The van der Waals surface area contributed by atoms with Gasteiger partial charge in [0.25, 0.3) is 0 Å². The number of aromatic nitrogens is 1. The van der Waals surface area contributed by atoms with Crippen LogP contribution in [0.2, 0.25) is 0 Å². The zero-order valence-corrected chi connectivity index (χ0v) is 14.6. The van der Waals surface area contributed by atoms with Crippen LogP contribution in [0.4, 0.5) is 10.6 Å². The first-order chi connectivity index (χ1) is 12.6. The van der Waals surface area contributed by atoms with E-state index in [0.29, 0.717) is 18.7 Å². The van der Waals surface area contributed by atoms with Gasteiger partial charge < -0.3 is 21.1 Å². The van der Waals surface area contributed by atoms with Crippen molar-refractivity contribution in [2.24, 2.45) is 0 Å². The molecule has 0 spiro atoms. The Hall–Kier alpha value is -3.13. The molecule has 8 heteroatoms. The van der Waals surface area contributed by atoms with Gasteiger partial charge >= 0.3 is 6.09 Å². The van der Waals surface area contributed by atoms with Gasteiger partial charge in [-0.3, -0.25) is 4.79 Å². The topological polar surface area (TPSA) is 103 Å². The highest BCUT2D eigenvalue weighted by Crippen LogP contribution is 2.25. The summed E-state index contributed by atoms with van der Waals surface area (Å²) in [7, 11) is 0. The number of benzene rings is 2. The Morgan fingerprint density at radius 2 is 1.77 bits per heavy atom. The molecule has 0 saturated carbocycles. The van der Waals surface area contributed by atoms with Gasteiger partial charge in [-0.15, -0.1) is 0 Å². The van der Waals surface area contributed by atoms with Gasteiger partial charge in [0, 0.05) is 18.5 Å². The lowest BCUT2D eigenvalue weighted by Gasteiger charge is -2.17. The summed E-state index contributed by atoms with van der Waals surface area (Å²) in [6.07, 6.45) is -1.25. The highest BCUT2D eigenvalue weighted by Gasteiger charge is 2.21. The van der Waals surface area contributed by atoms with E-state index in [0.717, 1.165) is 15.9 Å². The van der Waals surface area contributed by atoms with Crippen LogP contribution in [-0.4, -0.2) is 34.6 Å². The van der Waals surface area contributed by atoms with Crippen molar-refractivity contribution in [3.05, 3.63) is 60.2 Å². The van der Waals surface area contributed by atoms with E-state index in [4.69, 9.17) is 5.11 Å². The number of carboxylic acid groups (broad SMARTS) is 1. The Balaban J connectivity index is 1.56. The van der Waals surface area contributed by atoms with Crippen LogP contribution in [0.15, 0.2) is 54.6 Å². The van der Waals surface area contributed by atoms with Crippen molar-refractivity contribution in [2.45, 2.75) is 6.04 Å². The smallest absolute Gasteiger partial charge is 0.405 e. The van der Waals surface area contributed by atoms with Gasteiger partial charge in [-0.05, 0) is 29.2 Å². The van der Waals surface area contributed by atoms with Gasteiger partial charge in [0.15, 0.2) is 0 Å². The Labute approximate surface area is 154 Å². The molecule has 0 bridgehead atoms. The van der Waals surface area contributed by atoms with E-state index in [-0.39, 0.29) is 0 Å². The van der Waals surface area contributed by atoms with E-state index in [2.05, 4.69) is 20.3 Å². The number of hydrogen-bond donors (Lipinski definition) is 4. The standard InChI is InChI=1S/C18H18N4O3S/c23-17(15(21-18(24)25)12-6-2-1-3-7-12)20-11-10-19-16-13-8-4-5-9-14(13)26-22-16/h1-9,15,21H,10-11H2,(H,19,22)(H,20,23)(H,24,25). The van der Waals surface area contributed by atoms with E-state index in [1.165, 1.54) is 11.5 Å². The van der Waals surface area contributed by atoms with Crippen LogP contribution in [0, 0.1) is 0 Å². The molecule has 4 N–H and O–H groups in total. The summed E-state index contributed by atoms with van der Waals surface area (Å²) in [5.74, 6) is 0.381. The van der Waals surface area contributed by atoms with Crippen LogP contribution in [0.25, 0.3) is 10.1 Å². The normalized spacial score (nSPS) is 11.7. The molecular weight excluding hydrogens is 352 g/mol. The summed E-state index contributed by atoms with van der Waals surface area (Å²) in [5, 5.41) is 18.2. The zero-order valence-electron chi connectivity index (χ0n) is 13.8. The first-order valence-electron chi connectivity index (χ1n) is 8.05. The number of nitrogens with zero attached hydrogens (tertiary/aromatic N) is 1. The van der Waals surface area contributed by atoms with Crippen LogP contribution in [0.5, 0.6) is 0 Å². The number of carbonyl (C=O) groups excluding carboxylic acids is 1. The highest BCUT2D eigenvalue weighted by molar-refractivity contribution is 7.13. The minimum Gasteiger partial charge on any atom is -0.465 e. The molecule has 26 heavy (non-hydrogen) atoms. The number of anilines is 1. The molecule has 1 aromatic heterocycles. The summed E-state index contributed by atoms with van der Waals surface area (Å²) in [4.78, 5) is 23.4. The molecule has 3 aromatic rings. The average Bonchev–Trinajstić information content (AvgIpc) is 3.07. The molecule has 0 saturated heterocycles. The molecule has 0 radical (unpaired) electrons. The molecule has 0 aliphatic heterocycles. The lowest BCUT2D eigenvalue weighted by molar-refractivity contribution is -0.123. The Kier molecular flexibility index (Phi) is 5.65. The fraction of sp³-hybridized carbons (Fsp3) is 0.167. The maximum atomic E-state index is 12.4. The minimum atomic E-state index is -1.25. The van der Waals surface area contributed by atoms with Crippen molar-refractivity contribution in [1.82, 2.24) is 15.0 Å². The Morgan fingerprint density at radius 1 is 1.04 bits per heavy atom. The predicted molar refractivity (Wildman–Crippen MR) is 101 cm³/mol. The number of hydrogen-bond acceptors (Lipinski definition) is 5. The summed E-state index contributed by atoms with van der Waals surface area (Å²) in [5.41, 5.74) is 0.589. The van der Waals surface area contributed by atoms with Crippen molar-refractivity contribution >= 4 is 39.4 Å². The van der Waals surface area contributed by atoms with Crippen LogP contribution >= 0.6 is 11.5 Å². The molecule has 3 rings (SSSR count). The molecule has 134 valence electrons. The predicted octanol–water partition coefficient (Wildman–Crippen LogP) is 2.83. The molecule has 1 heterocycles. The number of amides is 2.